The van der Waals surface area contributed by atoms with Gasteiger partial charge in [-0.1, -0.05) is 7.43 Å². The molecular weight excluding hydrogens is 454 g/mol. The molecule has 2 aromatic heterocycles. The minimum Gasteiger partial charge on any atom is -0.457 e. The van der Waals surface area contributed by atoms with Crippen molar-refractivity contribution in [1.82, 2.24) is 25.2 Å². The van der Waals surface area contributed by atoms with E-state index in [4.69, 9.17) is 9.72 Å². The first-order chi connectivity index (χ1) is 17.0. The summed E-state index contributed by atoms with van der Waals surface area (Å²) in [5.74, 6) is 1.72. The lowest BCUT2D eigenvalue weighted by Gasteiger charge is -2.13. The number of amides is 1. The first kappa shape index (κ1) is 25.0. The Morgan fingerprint density at radius 3 is 2.61 bits per heavy atom. The molecule has 0 spiro atoms. The summed E-state index contributed by atoms with van der Waals surface area (Å²) in [6.45, 7) is 1.70. The van der Waals surface area contributed by atoms with Crippen LogP contribution in [0.2, 0.25) is 0 Å². The largest absolute Gasteiger partial charge is 0.457 e. The number of nitrogens with zero attached hydrogens (tertiary/aromatic N) is 4. The molecule has 3 heterocycles. The van der Waals surface area contributed by atoms with Crippen LogP contribution in [0.15, 0.2) is 60.8 Å². The van der Waals surface area contributed by atoms with E-state index in [2.05, 4.69) is 38.0 Å². The van der Waals surface area contributed by atoms with Crippen LogP contribution < -0.4 is 25.6 Å². The van der Waals surface area contributed by atoms with Crippen molar-refractivity contribution in [3.05, 3.63) is 66.5 Å². The van der Waals surface area contributed by atoms with Gasteiger partial charge in [-0.05, 0) is 55.4 Å². The number of aromatic nitrogens is 3. The Balaban J connectivity index is 0.00000304. The molecule has 9 nitrogen and oxygen atoms in total. The molecule has 9 heteroatoms. The monoisotopic (exact) mass is 487 g/mol. The van der Waals surface area contributed by atoms with E-state index in [0.717, 1.165) is 47.9 Å². The van der Waals surface area contributed by atoms with Gasteiger partial charge in [0.1, 0.15) is 17.2 Å². The molecule has 4 aromatic rings. The van der Waals surface area contributed by atoms with Crippen molar-refractivity contribution in [2.45, 2.75) is 19.9 Å². The number of pyridine rings is 1. The second-order valence-electron chi connectivity index (χ2n) is 8.85. The Hall–Kier alpha value is -4.11. The van der Waals surface area contributed by atoms with E-state index in [1.807, 2.05) is 56.0 Å². The van der Waals surface area contributed by atoms with E-state index in [0.29, 0.717) is 17.2 Å². The third kappa shape index (κ3) is 5.41. The fraction of sp³-hybridized carbons (Fsp3) is 0.296. The SMILES string of the molecule is C.CN(C)c1ccc(Nc2nc3cc(Oc4ccnc(C(=O)N[C@@H]5CCNC5)c4)ccc3n2C)cc1. The Kier molecular flexibility index (Phi) is 7.40. The molecule has 36 heavy (non-hydrogen) atoms. The van der Waals surface area contributed by atoms with Crippen LogP contribution in [0.4, 0.5) is 17.3 Å². The van der Waals surface area contributed by atoms with Gasteiger partial charge in [0, 0.05) is 63.4 Å². The Morgan fingerprint density at radius 1 is 1.11 bits per heavy atom. The molecule has 1 saturated heterocycles. The summed E-state index contributed by atoms with van der Waals surface area (Å²) in [5.41, 5.74) is 4.21. The highest BCUT2D eigenvalue weighted by Crippen LogP contribution is 2.28. The van der Waals surface area contributed by atoms with Gasteiger partial charge in [0.25, 0.3) is 5.91 Å². The third-order valence-corrected chi connectivity index (χ3v) is 6.09. The van der Waals surface area contributed by atoms with Crippen LogP contribution >= 0.6 is 0 Å². The van der Waals surface area contributed by atoms with Gasteiger partial charge in [-0.3, -0.25) is 9.78 Å². The van der Waals surface area contributed by atoms with Gasteiger partial charge in [0.15, 0.2) is 0 Å². The van der Waals surface area contributed by atoms with Crippen LogP contribution in [-0.2, 0) is 7.05 Å². The second-order valence-corrected chi connectivity index (χ2v) is 8.85. The number of carbonyl (C=O) groups is 1. The standard InChI is InChI=1S/C26H29N7O2.CH4/c1-32(2)19-6-4-17(5-7-19)30-26-31-22-14-20(8-9-24(22)33(26)3)35-21-11-13-28-23(15-21)25(34)29-18-10-12-27-16-18;/h4-9,11,13-15,18,27H,10,12,16H2,1-3H3,(H,29,34)(H,30,31);1H4/t18-;/m1./s1. The highest BCUT2D eigenvalue weighted by Gasteiger charge is 2.18. The van der Waals surface area contributed by atoms with Gasteiger partial charge >= 0.3 is 0 Å². The maximum atomic E-state index is 12.5. The third-order valence-electron chi connectivity index (χ3n) is 6.09. The van der Waals surface area contributed by atoms with E-state index in [1.165, 1.54) is 0 Å². The zero-order chi connectivity index (χ0) is 24.4. The number of imidazole rings is 1. The number of hydrogen-bond donors (Lipinski definition) is 3. The summed E-state index contributed by atoms with van der Waals surface area (Å²) >= 11 is 0. The normalized spacial score (nSPS) is 14.8. The minimum absolute atomic E-state index is 0. The summed E-state index contributed by atoms with van der Waals surface area (Å²) in [7, 11) is 6.01. The number of hydrogen-bond acceptors (Lipinski definition) is 7. The van der Waals surface area contributed by atoms with Crippen molar-refractivity contribution < 1.29 is 9.53 Å². The van der Waals surface area contributed by atoms with Gasteiger partial charge in [0.05, 0.1) is 11.0 Å². The molecule has 1 aliphatic heterocycles. The lowest BCUT2D eigenvalue weighted by molar-refractivity contribution is 0.0934. The van der Waals surface area contributed by atoms with E-state index < -0.39 is 0 Å². The van der Waals surface area contributed by atoms with E-state index >= 15 is 0 Å². The molecule has 0 saturated carbocycles. The fourth-order valence-corrected chi connectivity index (χ4v) is 4.10. The zero-order valence-corrected chi connectivity index (χ0v) is 20.1. The number of fused-ring (bicyclic) bond motifs is 1. The second kappa shape index (κ2) is 10.7. The summed E-state index contributed by atoms with van der Waals surface area (Å²) in [6.07, 6.45) is 2.50. The summed E-state index contributed by atoms with van der Waals surface area (Å²) in [4.78, 5) is 23.6. The fourth-order valence-electron chi connectivity index (χ4n) is 4.10. The van der Waals surface area contributed by atoms with Crippen LogP contribution in [0.5, 0.6) is 11.5 Å². The van der Waals surface area contributed by atoms with Crippen molar-refractivity contribution in [3.8, 4) is 11.5 Å². The Morgan fingerprint density at radius 2 is 1.89 bits per heavy atom. The predicted molar refractivity (Wildman–Crippen MR) is 145 cm³/mol. The van der Waals surface area contributed by atoms with Crippen LogP contribution in [-0.4, -0.2) is 53.7 Å². The zero-order valence-electron chi connectivity index (χ0n) is 20.1. The number of ether oxygens (including phenoxy) is 1. The number of rotatable bonds is 7. The first-order valence-electron chi connectivity index (χ1n) is 11.6. The van der Waals surface area contributed by atoms with Crippen molar-refractivity contribution >= 4 is 34.3 Å². The van der Waals surface area contributed by atoms with Crippen LogP contribution in [0.3, 0.4) is 0 Å². The number of anilines is 3. The molecule has 1 fully saturated rings. The predicted octanol–water partition coefficient (Wildman–Crippen LogP) is 4.30. The van der Waals surface area contributed by atoms with Crippen molar-refractivity contribution in [1.29, 1.82) is 0 Å². The number of carbonyl (C=O) groups excluding carboxylic acids is 1. The number of nitrogens with one attached hydrogen (secondary N) is 3. The molecule has 1 amide bonds. The van der Waals surface area contributed by atoms with Gasteiger partial charge in [-0.2, -0.15) is 0 Å². The average molecular weight is 488 g/mol. The molecule has 0 radical (unpaired) electrons. The minimum atomic E-state index is -0.196. The van der Waals surface area contributed by atoms with Gasteiger partial charge < -0.3 is 30.2 Å². The molecule has 188 valence electrons. The lowest BCUT2D eigenvalue weighted by atomic mass is 10.2. The molecule has 0 aliphatic carbocycles. The van der Waals surface area contributed by atoms with Crippen LogP contribution in [0.25, 0.3) is 11.0 Å². The quantitative estimate of drug-likeness (QED) is 0.358. The average Bonchev–Trinajstić information content (AvgIpc) is 3.47. The summed E-state index contributed by atoms with van der Waals surface area (Å²) < 4.78 is 8.05. The van der Waals surface area contributed by atoms with Crippen LogP contribution in [0, 0.1) is 0 Å². The molecule has 0 bridgehead atoms. The molecular formula is C27H33N7O2. The van der Waals surface area contributed by atoms with Gasteiger partial charge in [-0.15, -0.1) is 0 Å². The molecule has 1 atom stereocenters. The maximum absolute atomic E-state index is 12.5. The lowest BCUT2D eigenvalue weighted by Crippen LogP contribution is -2.36. The smallest absolute Gasteiger partial charge is 0.270 e. The Labute approximate surface area is 211 Å². The van der Waals surface area contributed by atoms with Crippen molar-refractivity contribution in [2.24, 2.45) is 7.05 Å². The molecule has 1 aliphatic rings. The van der Waals surface area contributed by atoms with Crippen molar-refractivity contribution in [3.63, 3.8) is 0 Å². The highest BCUT2D eigenvalue weighted by molar-refractivity contribution is 5.92. The molecule has 3 N–H and O–H groups in total. The molecule has 0 unspecified atom stereocenters. The van der Waals surface area contributed by atoms with Crippen LogP contribution in [0.1, 0.15) is 24.3 Å². The van der Waals surface area contributed by atoms with Gasteiger partial charge in [0.2, 0.25) is 5.95 Å². The summed E-state index contributed by atoms with van der Waals surface area (Å²) in [5, 5.41) is 9.63. The molecule has 5 rings (SSSR count). The maximum Gasteiger partial charge on any atom is 0.270 e. The number of aryl methyl sites for hydroxylation is 1. The topological polar surface area (TPSA) is 96.3 Å². The summed E-state index contributed by atoms with van der Waals surface area (Å²) in [6, 6.07) is 17.5. The van der Waals surface area contributed by atoms with E-state index in [9.17, 15) is 4.79 Å². The number of benzene rings is 2. The highest BCUT2D eigenvalue weighted by atomic mass is 16.5. The molecule has 2 aromatic carbocycles. The first-order valence-corrected chi connectivity index (χ1v) is 11.6. The Bertz CT molecular complexity index is 1340. The van der Waals surface area contributed by atoms with E-state index in [1.54, 1.807) is 18.3 Å². The van der Waals surface area contributed by atoms with Gasteiger partial charge in [-0.25, -0.2) is 4.98 Å². The van der Waals surface area contributed by atoms with Crippen molar-refractivity contribution in [2.75, 3.05) is 37.4 Å². The van der Waals surface area contributed by atoms with E-state index in [-0.39, 0.29) is 19.4 Å².